The van der Waals surface area contributed by atoms with Gasteiger partial charge in [-0.25, -0.2) is 4.79 Å². The lowest BCUT2D eigenvalue weighted by molar-refractivity contribution is -0.111. The monoisotopic (exact) mass is 429 g/mol. The largest absolute Gasteiger partial charge is 0.493 e. The van der Waals surface area contributed by atoms with E-state index in [1.807, 2.05) is 6.07 Å². The number of carbonyl (C=O) groups is 2. The zero-order valence-corrected chi connectivity index (χ0v) is 18.6. The van der Waals surface area contributed by atoms with Gasteiger partial charge in [0.25, 0.3) is 0 Å². The highest BCUT2D eigenvalue weighted by molar-refractivity contribution is 7.17. The van der Waals surface area contributed by atoms with Crippen molar-refractivity contribution in [3.8, 4) is 11.5 Å². The first kappa shape index (κ1) is 21.9. The molecule has 0 fully saturated rings. The normalized spacial score (nSPS) is 15.5. The Morgan fingerprint density at radius 1 is 1.23 bits per heavy atom. The van der Waals surface area contributed by atoms with E-state index in [2.05, 4.69) is 12.2 Å². The standard InChI is InChI=1S/C23H27NO5S/c1-5-29-23(26)21-16-9-6-14(2)12-19(16)30-22(21)24-20(25)11-8-15-7-10-17(27-3)18(13-15)28-4/h7-8,10-11,13-14H,5-6,9,12H2,1-4H3,(H,24,25). The Kier molecular flexibility index (Phi) is 7.15. The van der Waals surface area contributed by atoms with Crippen molar-refractivity contribution in [3.05, 3.63) is 45.8 Å². The van der Waals surface area contributed by atoms with Crippen molar-refractivity contribution in [1.29, 1.82) is 0 Å². The second-order valence-electron chi connectivity index (χ2n) is 7.21. The summed E-state index contributed by atoms with van der Waals surface area (Å²) in [5.74, 6) is 1.10. The smallest absolute Gasteiger partial charge is 0.341 e. The molecular formula is C23H27NO5S. The molecule has 1 atom stereocenters. The molecule has 0 saturated heterocycles. The zero-order chi connectivity index (χ0) is 21.7. The van der Waals surface area contributed by atoms with Crippen molar-refractivity contribution < 1.29 is 23.8 Å². The molecule has 1 aromatic heterocycles. The predicted octanol–water partition coefficient (Wildman–Crippen LogP) is 4.72. The van der Waals surface area contributed by atoms with E-state index in [1.54, 1.807) is 39.4 Å². The van der Waals surface area contributed by atoms with Crippen LogP contribution in [0.2, 0.25) is 0 Å². The molecule has 7 heteroatoms. The molecule has 3 rings (SSSR count). The summed E-state index contributed by atoms with van der Waals surface area (Å²) in [6, 6.07) is 5.40. The number of carbonyl (C=O) groups excluding carboxylic acids is 2. The van der Waals surface area contributed by atoms with Gasteiger partial charge >= 0.3 is 5.97 Å². The topological polar surface area (TPSA) is 73.9 Å². The summed E-state index contributed by atoms with van der Waals surface area (Å²) < 4.78 is 15.8. The van der Waals surface area contributed by atoms with Gasteiger partial charge in [0.05, 0.1) is 26.4 Å². The fraction of sp³-hybridized carbons (Fsp3) is 0.391. The second-order valence-corrected chi connectivity index (χ2v) is 8.32. The molecule has 6 nitrogen and oxygen atoms in total. The zero-order valence-electron chi connectivity index (χ0n) is 17.7. The quantitative estimate of drug-likeness (QED) is 0.509. The number of esters is 1. The third kappa shape index (κ3) is 4.84. The number of hydrogen-bond acceptors (Lipinski definition) is 6. The van der Waals surface area contributed by atoms with Crippen LogP contribution in [0.5, 0.6) is 11.5 Å². The number of methoxy groups -OCH3 is 2. The maximum atomic E-state index is 12.6. The molecule has 2 aromatic rings. The first-order valence-corrected chi connectivity index (χ1v) is 10.8. The summed E-state index contributed by atoms with van der Waals surface area (Å²) in [6.45, 7) is 4.28. The summed E-state index contributed by atoms with van der Waals surface area (Å²) in [7, 11) is 3.14. The van der Waals surface area contributed by atoms with Crippen LogP contribution in [0.4, 0.5) is 5.00 Å². The summed E-state index contributed by atoms with van der Waals surface area (Å²) in [6.07, 6.45) is 5.92. The average molecular weight is 430 g/mol. The number of rotatable bonds is 7. The SMILES string of the molecule is CCOC(=O)c1c(NC(=O)C=Cc2ccc(OC)c(OC)c2)sc2c1CCC(C)C2. The third-order valence-corrected chi connectivity index (χ3v) is 6.23. The molecule has 0 saturated carbocycles. The molecule has 1 unspecified atom stereocenters. The number of benzene rings is 1. The van der Waals surface area contributed by atoms with Crippen LogP contribution in [0.1, 0.15) is 46.6 Å². The maximum Gasteiger partial charge on any atom is 0.341 e. The lowest BCUT2D eigenvalue weighted by Crippen LogP contribution is -2.15. The molecule has 30 heavy (non-hydrogen) atoms. The van der Waals surface area contributed by atoms with E-state index in [4.69, 9.17) is 14.2 Å². The summed E-state index contributed by atoms with van der Waals surface area (Å²) in [5, 5.41) is 3.44. The molecule has 0 radical (unpaired) electrons. The van der Waals surface area contributed by atoms with Crippen molar-refractivity contribution in [3.63, 3.8) is 0 Å². The average Bonchev–Trinajstić information content (AvgIpc) is 3.08. The Labute approximate surface area is 180 Å². The Morgan fingerprint density at radius 3 is 2.70 bits per heavy atom. The Hall–Kier alpha value is -2.80. The number of hydrogen-bond donors (Lipinski definition) is 1. The van der Waals surface area contributed by atoms with Crippen molar-refractivity contribution in [1.82, 2.24) is 0 Å². The van der Waals surface area contributed by atoms with Gasteiger partial charge in [0.15, 0.2) is 11.5 Å². The number of amides is 1. The van der Waals surface area contributed by atoms with Gasteiger partial charge in [-0.1, -0.05) is 13.0 Å². The van der Waals surface area contributed by atoms with Gasteiger partial charge in [-0.3, -0.25) is 4.79 Å². The van der Waals surface area contributed by atoms with E-state index in [9.17, 15) is 9.59 Å². The fourth-order valence-electron chi connectivity index (χ4n) is 3.54. The molecule has 1 aromatic carbocycles. The minimum Gasteiger partial charge on any atom is -0.493 e. The lowest BCUT2D eigenvalue weighted by atomic mass is 9.88. The van der Waals surface area contributed by atoms with E-state index in [1.165, 1.54) is 17.4 Å². The number of ether oxygens (including phenoxy) is 3. The molecule has 0 spiro atoms. The molecule has 1 N–H and O–H groups in total. The van der Waals surface area contributed by atoms with E-state index in [-0.39, 0.29) is 11.9 Å². The Balaban J connectivity index is 1.81. The highest BCUT2D eigenvalue weighted by Gasteiger charge is 2.28. The van der Waals surface area contributed by atoms with Crippen molar-refractivity contribution in [2.24, 2.45) is 5.92 Å². The molecule has 0 aliphatic heterocycles. The molecule has 1 aliphatic carbocycles. The van der Waals surface area contributed by atoms with Crippen LogP contribution in [0.3, 0.4) is 0 Å². The first-order chi connectivity index (χ1) is 14.5. The molecule has 0 bridgehead atoms. The van der Waals surface area contributed by atoms with Gasteiger partial charge in [-0.15, -0.1) is 11.3 Å². The molecule has 160 valence electrons. The number of fused-ring (bicyclic) bond motifs is 1. The van der Waals surface area contributed by atoms with Crippen LogP contribution in [0, 0.1) is 5.92 Å². The van der Waals surface area contributed by atoms with E-state index in [0.717, 1.165) is 35.3 Å². The van der Waals surface area contributed by atoms with Gasteiger partial charge in [0, 0.05) is 11.0 Å². The number of thiophene rings is 1. The molecule has 1 heterocycles. The maximum absolute atomic E-state index is 12.6. The Morgan fingerprint density at radius 2 is 2.00 bits per heavy atom. The second kappa shape index (κ2) is 9.80. The van der Waals surface area contributed by atoms with Gasteiger partial charge < -0.3 is 19.5 Å². The van der Waals surface area contributed by atoms with Gasteiger partial charge in [-0.2, -0.15) is 0 Å². The highest BCUT2D eigenvalue weighted by atomic mass is 32.1. The minimum atomic E-state index is -0.372. The van der Waals surface area contributed by atoms with Crippen molar-refractivity contribution >= 4 is 34.3 Å². The number of anilines is 1. The van der Waals surface area contributed by atoms with Crippen LogP contribution in [-0.4, -0.2) is 32.7 Å². The van der Waals surface area contributed by atoms with Crippen LogP contribution in [-0.2, 0) is 22.4 Å². The fourth-order valence-corrected chi connectivity index (χ4v) is 4.94. The molecule has 1 aliphatic rings. The summed E-state index contributed by atoms with van der Waals surface area (Å²) >= 11 is 1.48. The molecular weight excluding hydrogens is 402 g/mol. The van der Waals surface area contributed by atoms with Crippen LogP contribution in [0.25, 0.3) is 6.08 Å². The molecule has 1 amide bonds. The van der Waals surface area contributed by atoms with E-state index < -0.39 is 0 Å². The Bertz CT molecular complexity index is 963. The summed E-state index contributed by atoms with van der Waals surface area (Å²) in [4.78, 5) is 26.3. The predicted molar refractivity (Wildman–Crippen MR) is 119 cm³/mol. The van der Waals surface area contributed by atoms with Gasteiger partial charge in [-0.05, 0) is 61.4 Å². The van der Waals surface area contributed by atoms with Crippen molar-refractivity contribution in [2.45, 2.75) is 33.1 Å². The van der Waals surface area contributed by atoms with E-state index in [0.29, 0.717) is 34.6 Å². The van der Waals surface area contributed by atoms with Crippen LogP contribution in [0.15, 0.2) is 24.3 Å². The van der Waals surface area contributed by atoms with Crippen LogP contribution < -0.4 is 14.8 Å². The third-order valence-electron chi connectivity index (χ3n) is 5.06. The van der Waals surface area contributed by atoms with Gasteiger partial charge in [0.1, 0.15) is 5.00 Å². The van der Waals surface area contributed by atoms with E-state index >= 15 is 0 Å². The first-order valence-electron chi connectivity index (χ1n) is 9.99. The van der Waals surface area contributed by atoms with Crippen LogP contribution >= 0.6 is 11.3 Å². The number of nitrogens with one attached hydrogen (secondary N) is 1. The summed E-state index contributed by atoms with van der Waals surface area (Å²) in [5.41, 5.74) is 2.33. The minimum absolute atomic E-state index is 0.298. The van der Waals surface area contributed by atoms with Gasteiger partial charge in [0.2, 0.25) is 5.91 Å². The lowest BCUT2D eigenvalue weighted by Gasteiger charge is -2.18. The van der Waals surface area contributed by atoms with Crippen molar-refractivity contribution in [2.75, 3.05) is 26.1 Å². The highest BCUT2D eigenvalue weighted by Crippen LogP contribution is 2.40.